The maximum absolute atomic E-state index is 11.7. The zero-order valence-electron chi connectivity index (χ0n) is 8.70. The van der Waals surface area contributed by atoms with Crippen molar-refractivity contribution in [3.05, 3.63) is 0 Å². The number of rotatable bonds is 0. The van der Waals surface area contributed by atoms with Crippen molar-refractivity contribution in [2.24, 2.45) is 10.3 Å². The van der Waals surface area contributed by atoms with Gasteiger partial charge in [-0.15, -0.1) is 0 Å². The van der Waals surface area contributed by atoms with E-state index < -0.39 is 10.2 Å². The third-order valence-electron chi connectivity index (χ3n) is 4.06. The highest BCUT2D eigenvalue weighted by Gasteiger charge is 2.50. The van der Waals surface area contributed by atoms with Gasteiger partial charge in [-0.2, -0.15) is 17.5 Å². The van der Waals surface area contributed by atoms with Gasteiger partial charge in [-0.3, -0.25) is 0 Å². The Hall–Kier alpha value is -0.420. The van der Waals surface area contributed by atoms with E-state index in [1.54, 1.807) is 0 Å². The second-order valence-corrected chi connectivity index (χ2v) is 6.30. The number of hydrogen-bond donors (Lipinski definition) is 1. The van der Waals surface area contributed by atoms with Gasteiger partial charge in [0.05, 0.1) is 0 Å². The van der Waals surface area contributed by atoms with E-state index in [4.69, 9.17) is 0 Å². The van der Waals surface area contributed by atoms with Crippen LogP contribution < -0.4 is 4.72 Å². The Balaban J connectivity index is 2.07. The second kappa shape index (κ2) is 3.04. The zero-order chi connectivity index (χ0) is 10.5. The van der Waals surface area contributed by atoms with Crippen LogP contribution in [0.4, 0.5) is 0 Å². The van der Waals surface area contributed by atoms with Crippen LogP contribution in [0.1, 0.15) is 44.9 Å². The van der Waals surface area contributed by atoms with E-state index in [-0.39, 0.29) is 5.54 Å². The lowest BCUT2D eigenvalue weighted by molar-refractivity contribution is 0.303. The summed E-state index contributed by atoms with van der Waals surface area (Å²) in [5.74, 6) is 0.392. The minimum absolute atomic E-state index is 0.160. The average molecular weight is 228 g/mol. The van der Waals surface area contributed by atoms with Crippen LogP contribution >= 0.6 is 0 Å². The number of nitrogens with zero attached hydrogens (tertiary/aromatic N) is 1. The summed E-state index contributed by atoms with van der Waals surface area (Å²) >= 11 is 0. The summed E-state index contributed by atoms with van der Waals surface area (Å²) in [6, 6.07) is 0. The van der Waals surface area contributed by atoms with Crippen molar-refractivity contribution in [2.75, 3.05) is 0 Å². The molecule has 3 aliphatic rings. The van der Waals surface area contributed by atoms with Crippen molar-refractivity contribution >= 4 is 15.9 Å². The molecule has 1 unspecified atom stereocenters. The SMILES string of the molecule is O=S1(=O)N=C2CCCC2C2(CCCC2)N1. The monoisotopic (exact) mass is 228 g/mol. The molecule has 1 aliphatic heterocycles. The Bertz CT molecular complexity index is 407. The summed E-state index contributed by atoms with van der Waals surface area (Å²) in [6.45, 7) is 0. The second-order valence-electron chi connectivity index (χ2n) is 4.97. The Kier molecular flexibility index (Phi) is 1.98. The molecule has 3 rings (SSSR count). The third kappa shape index (κ3) is 1.44. The summed E-state index contributed by atoms with van der Waals surface area (Å²) in [5, 5.41) is 0. The Morgan fingerprint density at radius 1 is 1.27 bits per heavy atom. The molecule has 0 bridgehead atoms. The molecule has 0 aromatic rings. The van der Waals surface area contributed by atoms with Gasteiger partial charge in [0.15, 0.2) is 0 Å². The molecule has 0 aromatic carbocycles. The molecule has 0 amide bonds. The highest BCUT2D eigenvalue weighted by Crippen LogP contribution is 2.45. The van der Waals surface area contributed by atoms with E-state index in [1.807, 2.05) is 0 Å². The maximum Gasteiger partial charge on any atom is 0.320 e. The van der Waals surface area contributed by atoms with Crippen LogP contribution in [0.25, 0.3) is 0 Å². The molecule has 0 saturated heterocycles. The van der Waals surface area contributed by atoms with Crippen LogP contribution in [-0.2, 0) is 10.2 Å². The molecular weight excluding hydrogens is 212 g/mol. The van der Waals surface area contributed by atoms with Crippen LogP contribution in [0, 0.1) is 5.92 Å². The normalized spacial score (nSPS) is 36.5. The first-order valence-corrected chi connectivity index (χ1v) is 7.18. The summed E-state index contributed by atoms with van der Waals surface area (Å²) in [4.78, 5) is 0. The number of hydrogen-bond acceptors (Lipinski definition) is 2. The Morgan fingerprint density at radius 2 is 2.00 bits per heavy atom. The van der Waals surface area contributed by atoms with Crippen molar-refractivity contribution < 1.29 is 8.42 Å². The minimum Gasteiger partial charge on any atom is -0.189 e. The van der Waals surface area contributed by atoms with Gasteiger partial charge in [-0.25, -0.2) is 0 Å². The molecule has 15 heavy (non-hydrogen) atoms. The van der Waals surface area contributed by atoms with Crippen LogP contribution in [-0.4, -0.2) is 19.7 Å². The fourth-order valence-electron chi connectivity index (χ4n) is 3.49. The topological polar surface area (TPSA) is 58.5 Å². The zero-order valence-corrected chi connectivity index (χ0v) is 9.52. The first-order valence-electron chi connectivity index (χ1n) is 5.74. The van der Waals surface area contributed by atoms with E-state index >= 15 is 0 Å². The lowest BCUT2D eigenvalue weighted by atomic mass is 9.81. The van der Waals surface area contributed by atoms with Gasteiger partial charge in [0, 0.05) is 17.2 Å². The fraction of sp³-hybridized carbons (Fsp3) is 0.900. The van der Waals surface area contributed by atoms with Gasteiger partial charge < -0.3 is 0 Å². The van der Waals surface area contributed by atoms with Crippen molar-refractivity contribution in [1.82, 2.24) is 4.72 Å². The van der Waals surface area contributed by atoms with Crippen molar-refractivity contribution in [2.45, 2.75) is 50.5 Å². The van der Waals surface area contributed by atoms with E-state index in [0.29, 0.717) is 5.92 Å². The lowest BCUT2D eigenvalue weighted by Gasteiger charge is -2.38. The molecule has 1 atom stereocenters. The van der Waals surface area contributed by atoms with Gasteiger partial charge in [0.25, 0.3) is 0 Å². The van der Waals surface area contributed by atoms with Gasteiger partial charge in [-0.05, 0) is 32.1 Å². The molecule has 1 N–H and O–H groups in total. The van der Waals surface area contributed by atoms with Crippen LogP contribution in [0.2, 0.25) is 0 Å². The quantitative estimate of drug-likeness (QED) is 0.681. The number of fused-ring (bicyclic) bond motifs is 2. The van der Waals surface area contributed by atoms with Crippen LogP contribution in [0.15, 0.2) is 4.40 Å². The largest absolute Gasteiger partial charge is 0.320 e. The van der Waals surface area contributed by atoms with E-state index in [1.165, 1.54) is 0 Å². The lowest BCUT2D eigenvalue weighted by Crippen LogP contribution is -2.55. The predicted molar refractivity (Wildman–Crippen MR) is 58.0 cm³/mol. The van der Waals surface area contributed by atoms with Gasteiger partial charge in [0.2, 0.25) is 0 Å². The molecule has 2 fully saturated rings. The van der Waals surface area contributed by atoms with Crippen molar-refractivity contribution in [1.29, 1.82) is 0 Å². The first kappa shape index (κ1) is 9.78. The molecule has 84 valence electrons. The smallest absolute Gasteiger partial charge is 0.189 e. The molecular formula is C10H16N2O2S. The standard InChI is InChI=1S/C10H16N2O2S/c13-15(14)11-9-5-3-4-8(9)10(12-15)6-1-2-7-10/h8,12H,1-7H2. The highest BCUT2D eigenvalue weighted by molar-refractivity contribution is 7.88. The van der Waals surface area contributed by atoms with E-state index in [9.17, 15) is 8.42 Å². The van der Waals surface area contributed by atoms with E-state index in [2.05, 4.69) is 9.12 Å². The highest BCUT2D eigenvalue weighted by atomic mass is 32.2. The molecule has 1 heterocycles. The minimum atomic E-state index is -3.39. The molecule has 2 aliphatic carbocycles. The summed E-state index contributed by atoms with van der Waals surface area (Å²) in [7, 11) is -3.39. The van der Waals surface area contributed by atoms with Crippen molar-refractivity contribution in [3.63, 3.8) is 0 Å². The Labute approximate surface area is 90.3 Å². The maximum atomic E-state index is 11.7. The van der Waals surface area contributed by atoms with E-state index in [0.717, 1.165) is 50.7 Å². The predicted octanol–water partition coefficient (Wildman–Crippen LogP) is 1.39. The first-order chi connectivity index (χ1) is 7.11. The summed E-state index contributed by atoms with van der Waals surface area (Å²) in [6.07, 6.45) is 7.38. The average Bonchev–Trinajstić information content (AvgIpc) is 2.72. The summed E-state index contributed by atoms with van der Waals surface area (Å²) < 4.78 is 30.0. The molecule has 2 saturated carbocycles. The molecule has 0 radical (unpaired) electrons. The number of nitrogens with one attached hydrogen (secondary N) is 1. The molecule has 1 spiro atoms. The van der Waals surface area contributed by atoms with Crippen molar-refractivity contribution in [3.8, 4) is 0 Å². The van der Waals surface area contributed by atoms with Gasteiger partial charge in [-0.1, -0.05) is 12.8 Å². The molecule has 5 heteroatoms. The van der Waals surface area contributed by atoms with Gasteiger partial charge in [0.1, 0.15) is 0 Å². The summed E-state index contributed by atoms with van der Waals surface area (Å²) in [5.41, 5.74) is 0.780. The molecule has 0 aromatic heterocycles. The molecule has 4 nitrogen and oxygen atoms in total. The fourth-order valence-corrected chi connectivity index (χ4v) is 4.93. The van der Waals surface area contributed by atoms with Crippen LogP contribution in [0.5, 0.6) is 0 Å². The van der Waals surface area contributed by atoms with Gasteiger partial charge >= 0.3 is 10.2 Å². The van der Waals surface area contributed by atoms with Crippen LogP contribution in [0.3, 0.4) is 0 Å². The Morgan fingerprint density at radius 3 is 2.73 bits per heavy atom. The third-order valence-corrected chi connectivity index (χ3v) is 5.20.